The minimum atomic E-state index is 0.998. The zero-order valence-corrected chi connectivity index (χ0v) is 10.5. The maximum absolute atomic E-state index is 3.46. The topological polar surface area (TPSA) is 15.3 Å². The summed E-state index contributed by atoms with van der Waals surface area (Å²) in [5, 5.41) is 3.46. The Morgan fingerprint density at radius 3 is 2.11 bits per heavy atom. The Balaban J connectivity index is 1.49. The van der Waals surface area contributed by atoms with E-state index in [9.17, 15) is 0 Å². The summed E-state index contributed by atoms with van der Waals surface area (Å²) in [6, 6.07) is 19.1. The van der Waals surface area contributed by atoms with Crippen molar-refractivity contribution in [3.8, 4) is 0 Å². The van der Waals surface area contributed by atoms with Gasteiger partial charge in [-0.1, -0.05) is 42.5 Å². The average Bonchev–Trinajstić information content (AvgIpc) is 2.82. The van der Waals surface area contributed by atoms with Gasteiger partial charge in [-0.2, -0.15) is 0 Å². The van der Waals surface area contributed by atoms with Crippen molar-refractivity contribution in [1.29, 1.82) is 0 Å². The Morgan fingerprint density at radius 1 is 0.833 bits per heavy atom. The van der Waals surface area contributed by atoms with Crippen molar-refractivity contribution in [2.45, 2.75) is 13.1 Å². The van der Waals surface area contributed by atoms with Crippen LogP contribution in [0.25, 0.3) is 0 Å². The summed E-state index contributed by atoms with van der Waals surface area (Å²) < 4.78 is 0. The fourth-order valence-corrected chi connectivity index (χ4v) is 2.48. The fourth-order valence-electron chi connectivity index (χ4n) is 2.48. The van der Waals surface area contributed by atoms with Crippen LogP contribution in [-0.4, -0.2) is 18.0 Å². The van der Waals surface area contributed by atoms with E-state index in [1.807, 2.05) is 6.07 Å². The molecular formula is C16H18N2. The summed E-state index contributed by atoms with van der Waals surface area (Å²) in [5.41, 5.74) is 4.17. The third kappa shape index (κ3) is 2.54. The standard InChI is InChI=1S/C16H18N2/c1-2-8-16(9-3-1)17-10-11-18-12-14-6-4-5-7-15(14)13-18/h1-9,17H,10-13H2. The lowest BCUT2D eigenvalue weighted by atomic mass is 10.1. The highest BCUT2D eigenvalue weighted by atomic mass is 15.2. The van der Waals surface area contributed by atoms with E-state index in [2.05, 4.69) is 58.7 Å². The molecule has 18 heavy (non-hydrogen) atoms. The van der Waals surface area contributed by atoms with Gasteiger partial charge in [-0.05, 0) is 23.3 Å². The van der Waals surface area contributed by atoms with E-state index < -0.39 is 0 Å². The predicted octanol–water partition coefficient (Wildman–Crippen LogP) is 3.11. The highest BCUT2D eigenvalue weighted by Gasteiger charge is 2.16. The predicted molar refractivity (Wildman–Crippen MR) is 75.5 cm³/mol. The Morgan fingerprint density at radius 2 is 1.44 bits per heavy atom. The van der Waals surface area contributed by atoms with E-state index in [1.54, 1.807) is 0 Å². The molecule has 0 saturated carbocycles. The first kappa shape index (κ1) is 11.3. The van der Waals surface area contributed by atoms with E-state index in [-0.39, 0.29) is 0 Å². The van der Waals surface area contributed by atoms with Gasteiger partial charge < -0.3 is 5.32 Å². The summed E-state index contributed by atoms with van der Waals surface area (Å²) in [7, 11) is 0. The molecule has 0 spiro atoms. The van der Waals surface area contributed by atoms with Gasteiger partial charge in [-0.15, -0.1) is 0 Å². The maximum Gasteiger partial charge on any atom is 0.0340 e. The van der Waals surface area contributed by atoms with Gasteiger partial charge in [-0.25, -0.2) is 0 Å². The molecule has 1 aliphatic heterocycles. The first-order chi connectivity index (χ1) is 8.92. The van der Waals surface area contributed by atoms with Crippen LogP contribution in [0.1, 0.15) is 11.1 Å². The van der Waals surface area contributed by atoms with Crippen LogP contribution in [0.5, 0.6) is 0 Å². The number of fused-ring (bicyclic) bond motifs is 1. The Bertz CT molecular complexity index is 483. The summed E-state index contributed by atoms with van der Waals surface area (Å²) in [5.74, 6) is 0. The van der Waals surface area contributed by atoms with E-state index in [4.69, 9.17) is 0 Å². The molecule has 1 aliphatic rings. The highest BCUT2D eigenvalue weighted by molar-refractivity contribution is 5.42. The van der Waals surface area contributed by atoms with E-state index >= 15 is 0 Å². The van der Waals surface area contributed by atoms with Crippen LogP contribution >= 0.6 is 0 Å². The normalized spacial score (nSPS) is 14.4. The van der Waals surface area contributed by atoms with Gasteiger partial charge in [0.15, 0.2) is 0 Å². The zero-order chi connectivity index (χ0) is 12.2. The van der Waals surface area contributed by atoms with Crippen LogP contribution in [0.15, 0.2) is 54.6 Å². The molecule has 0 aliphatic carbocycles. The lowest BCUT2D eigenvalue weighted by Crippen LogP contribution is -2.23. The minimum Gasteiger partial charge on any atom is -0.384 e. The second-order valence-electron chi connectivity index (χ2n) is 4.77. The molecule has 2 aromatic rings. The van der Waals surface area contributed by atoms with Crippen LogP contribution in [0.3, 0.4) is 0 Å². The zero-order valence-electron chi connectivity index (χ0n) is 10.5. The molecule has 2 nitrogen and oxygen atoms in total. The van der Waals surface area contributed by atoms with Gasteiger partial charge in [0.1, 0.15) is 0 Å². The van der Waals surface area contributed by atoms with Gasteiger partial charge >= 0.3 is 0 Å². The molecule has 92 valence electrons. The van der Waals surface area contributed by atoms with Crippen molar-refractivity contribution in [2.24, 2.45) is 0 Å². The van der Waals surface area contributed by atoms with Crippen molar-refractivity contribution in [2.75, 3.05) is 18.4 Å². The van der Waals surface area contributed by atoms with Gasteiger partial charge in [-0.3, -0.25) is 4.90 Å². The van der Waals surface area contributed by atoms with E-state index in [0.29, 0.717) is 0 Å². The van der Waals surface area contributed by atoms with Crippen molar-refractivity contribution in [3.63, 3.8) is 0 Å². The van der Waals surface area contributed by atoms with E-state index in [1.165, 1.54) is 16.8 Å². The van der Waals surface area contributed by atoms with Crippen LogP contribution in [0.2, 0.25) is 0 Å². The summed E-state index contributed by atoms with van der Waals surface area (Å²) in [6.07, 6.45) is 0. The molecular weight excluding hydrogens is 220 g/mol. The van der Waals surface area contributed by atoms with Crippen LogP contribution < -0.4 is 5.32 Å². The third-order valence-electron chi connectivity index (χ3n) is 3.44. The molecule has 2 heteroatoms. The molecule has 1 heterocycles. The van der Waals surface area contributed by atoms with Crippen LogP contribution in [0, 0.1) is 0 Å². The number of nitrogens with one attached hydrogen (secondary N) is 1. The SMILES string of the molecule is c1ccc(NCCN2Cc3ccccc3C2)cc1. The van der Waals surface area contributed by atoms with E-state index in [0.717, 1.165) is 26.2 Å². The third-order valence-corrected chi connectivity index (χ3v) is 3.44. The fraction of sp³-hybridized carbons (Fsp3) is 0.250. The van der Waals surface area contributed by atoms with Gasteiger partial charge in [0.25, 0.3) is 0 Å². The first-order valence-electron chi connectivity index (χ1n) is 6.50. The average molecular weight is 238 g/mol. The first-order valence-corrected chi connectivity index (χ1v) is 6.50. The number of hydrogen-bond acceptors (Lipinski definition) is 2. The molecule has 0 radical (unpaired) electrons. The molecule has 0 unspecified atom stereocenters. The minimum absolute atomic E-state index is 0.998. The summed E-state index contributed by atoms with van der Waals surface area (Å²) in [4.78, 5) is 2.49. The molecule has 3 rings (SSSR count). The Kier molecular flexibility index (Phi) is 3.29. The maximum atomic E-state index is 3.46. The summed E-state index contributed by atoms with van der Waals surface area (Å²) >= 11 is 0. The largest absolute Gasteiger partial charge is 0.384 e. The number of nitrogens with zero attached hydrogens (tertiary/aromatic N) is 1. The van der Waals surface area contributed by atoms with Gasteiger partial charge in [0.2, 0.25) is 0 Å². The molecule has 0 bridgehead atoms. The number of benzene rings is 2. The molecule has 0 atom stereocenters. The Labute approximate surface area is 108 Å². The molecule has 0 saturated heterocycles. The Hall–Kier alpha value is -1.80. The lowest BCUT2D eigenvalue weighted by molar-refractivity contribution is 0.296. The molecule has 0 fully saturated rings. The monoisotopic (exact) mass is 238 g/mol. The number of anilines is 1. The molecule has 0 aromatic heterocycles. The van der Waals surface area contributed by atoms with Crippen molar-refractivity contribution < 1.29 is 0 Å². The summed E-state index contributed by atoms with van der Waals surface area (Å²) in [6.45, 7) is 4.26. The molecule has 1 N–H and O–H groups in total. The van der Waals surface area contributed by atoms with Crippen molar-refractivity contribution >= 4 is 5.69 Å². The smallest absolute Gasteiger partial charge is 0.0340 e. The number of para-hydroxylation sites is 1. The van der Waals surface area contributed by atoms with Gasteiger partial charge in [0, 0.05) is 31.9 Å². The molecule has 0 amide bonds. The number of rotatable bonds is 4. The highest BCUT2D eigenvalue weighted by Crippen LogP contribution is 2.21. The second kappa shape index (κ2) is 5.23. The molecule has 2 aromatic carbocycles. The lowest BCUT2D eigenvalue weighted by Gasteiger charge is -2.15. The van der Waals surface area contributed by atoms with Crippen molar-refractivity contribution in [3.05, 3.63) is 65.7 Å². The van der Waals surface area contributed by atoms with Crippen LogP contribution in [0.4, 0.5) is 5.69 Å². The van der Waals surface area contributed by atoms with Crippen LogP contribution in [-0.2, 0) is 13.1 Å². The number of hydrogen-bond donors (Lipinski definition) is 1. The van der Waals surface area contributed by atoms with Crippen molar-refractivity contribution in [1.82, 2.24) is 4.90 Å². The quantitative estimate of drug-likeness (QED) is 0.880. The second-order valence-corrected chi connectivity index (χ2v) is 4.77. The van der Waals surface area contributed by atoms with Gasteiger partial charge in [0.05, 0.1) is 0 Å².